The van der Waals surface area contributed by atoms with Gasteiger partial charge in [-0.25, -0.2) is 0 Å². The molecule has 1 saturated heterocycles. The Labute approximate surface area is 163 Å². The topological polar surface area (TPSA) is 60.2 Å². The van der Waals surface area contributed by atoms with E-state index in [2.05, 4.69) is 17.1 Å². The molecular formula is C22H25N3O3+2. The van der Waals surface area contributed by atoms with Crippen LogP contribution < -0.4 is 19.3 Å². The lowest BCUT2D eigenvalue weighted by Gasteiger charge is -2.29. The van der Waals surface area contributed by atoms with E-state index in [1.54, 1.807) is 4.90 Å². The summed E-state index contributed by atoms with van der Waals surface area (Å²) in [6.45, 7) is 6.06. The van der Waals surface area contributed by atoms with Crippen molar-refractivity contribution in [3.8, 4) is 11.5 Å². The molecule has 0 atom stereocenters. The van der Waals surface area contributed by atoms with E-state index in [9.17, 15) is 4.79 Å². The summed E-state index contributed by atoms with van der Waals surface area (Å²) in [7, 11) is 0. The monoisotopic (exact) mass is 379 g/mol. The van der Waals surface area contributed by atoms with E-state index in [0.29, 0.717) is 13.3 Å². The number of aromatic nitrogens is 1. The summed E-state index contributed by atoms with van der Waals surface area (Å²) in [5.74, 6) is 1.92. The van der Waals surface area contributed by atoms with Gasteiger partial charge in [-0.1, -0.05) is 18.2 Å². The van der Waals surface area contributed by atoms with E-state index < -0.39 is 0 Å². The van der Waals surface area contributed by atoms with Crippen LogP contribution in [0.4, 0.5) is 0 Å². The molecule has 6 heteroatoms. The van der Waals surface area contributed by atoms with Crippen LogP contribution in [0, 0.1) is 0 Å². The number of hydrogen-bond donors (Lipinski definition) is 3. The van der Waals surface area contributed by atoms with E-state index in [-0.39, 0.29) is 5.78 Å². The number of carbonyl (C=O) groups excluding carboxylic acids is 1. The Morgan fingerprint density at radius 3 is 2.64 bits per heavy atom. The van der Waals surface area contributed by atoms with E-state index in [1.807, 2.05) is 36.5 Å². The number of carbonyl (C=O) groups is 1. The molecule has 144 valence electrons. The number of fused-ring (bicyclic) bond motifs is 2. The fourth-order valence-corrected chi connectivity index (χ4v) is 4.27. The average molecular weight is 379 g/mol. The number of ether oxygens (including phenoxy) is 2. The van der Waals surface area contributed by atoms with Crippen molar-refractivity contribution in [3.63, 3.8) is 0 Å². The first-order chi connectivity index (χ1) is 13.8. The summed E-state index contributed by atoms with van der Waals surface area (Å²) in [4.78, 5) is 18.9. The summed E-state index contributed by atoms with van der Waals surface area (Å²) in [5.41, 5.74) is 3.12. The molecule has 0 spiro atoms. The highest BCUT2D eigenvalue weighted by molar-refractivity contribution is 6.08. The normalized spacial score (nSPS) is 21.1. The van der Waals surface area contributed by atoms with Crippen LogP contribution in [-0.2, 0) is 6.54 Å². The highest BCUT2D eigenvalue weighted by Crippen LogP contribution is 2.32. The molecule has 3 heterocycles. The lowest BCUT2D eigenvalue weighted by Crippen LogP contribution is -3.27. The second-order valence-electron chi connectivity index (χ2n) is 7.71. The Morgan fingerprint density at radius 2 is 1.75 bits per heavy atom. The molecule has 0 amide bonds. The van der Waals surface area contributed by atoms with Gasteiger partial charge in [0, 0.05) is 28.2 Å². The Kier molecular flexibility index (Phi) is 4.50. The smallest absolute Gasteiger partial charge is 0.231 e. The van der Waals surface area contributed by atoms with Gasteiger partial charge in [-0.3, -0.25) is 4.79 Å². The first kappa shape index (κ1) is 17.3. The predicted molar refractivity (Wildman–Crippen MR) is 105 cm³/mol. The summed E-state index contributed by atoms with van der Waals surface area (Å²) < 4.78 is 10.9. The van der Waals surface area contributed by atoms with Crippen LogP contribution in [0.15, 0.2) is 48.7 Å². The first-order valence-corrected chi connectivity index (χ1v) is 9.91. The maximum atomic E-state index is 12.8. The molecule has 2 aliphatic rings. The van der Waals surface area contributed by atoms with Crippen molar-refractivity contribution in [1.29, 1.82) is 0 Å². The number of aromatic amines is 1. The number of benzene rings is 2. The predicted octanol–water partition coefficient (Wildman–Crippen LogP) is 0.0629. The molecule has 6 nitrogen and oxygen atoms in total. The quantitative estimate of drug-likeness (QED) is 0.550. The van der Waals surface area contributed by atoms with Crippen LogP contribution in [0.3, 0.4) is 0 Å². The van der Waals surface area contributed by atoms with Crippen LogP contribution in [-0.4, -0.2) is 50.3 Å². The summed E-state index contributed by atoms with van der Waals surface area (Å²) in [5, 5.41) is 1.03. The molecule has 0 saturated carbocycles. The van der Waals surface area contributed by atoms with Crippen molar-refractivity contribution in [2.24, 2.45) is 0 Å². The molecule has 0 unspecified atom stereocenters. The van der Waals surface area contributed by atoms with Crippen molar-refractivity contribution in [3.05, 3.63) is 59.8 Å². The number of quaternary nitrogens is 2. The van der Waals surface area contributed by atoms with Gasteiger partial charge < -0.3 is 24.3 Å². The van der Waals surface area contributed by atoms with Gasteiger partial charge in [0.15, 0.2) is 11.5 Å². The Bertz CT molecular complexity index is 1010. The zero-order valence-electron chi connectivity index (χ0n) is 15.8. The molecule has 2 aliphatic heterocycles. The third-order valence-corrected chi connectivity index (χ3v) is 5.86. The lowest BCUT2D eigenvalue weighted by atomic mass is 10.1. The van der Waals surface area contributed by atoms with Gasteiger partial charge in [-0.05, 0) is 24.3 Å². The maximum absolute atomic E-state index is 12.8. The Balaban J connectivity index is 1.16. The highest BCUT2D eigenvalue weighted by atomic mass is 16.7. The van der Waals surface area contributed by atoms with Gasteiger partial charge >= 0.3 is 0 Å². The number of hydrogen-bond acceptors (Lipinski definition) is 3. The highest BCUT2D eigenvalue weighted by Gasteiger charge is 2.26. The molecule has 28 heavy (non-hydrogen) atoms. The third-order valence-electron chi connectivity index (χ3n) is 5.86. The van der Waals surface area contributed by atoms with Gasteiger partial charge in [0.2, 0.25) is 12.6 Å². The second-order valence-corrected chi connectivity index (χ2v) is 7.71. The minimum atomic E-state index is 0.228. The Morgan fingerprint density at radius 1 is 0.964 bits per heavy atom. The standard InChI is InChI=1S/C22H23N3O3/c26-20(18-12-23-19-4-2-1-3-17(18)19)14-25-9-7-24(8-10-25)13-16-5-6-21-22(11-16)28-15-27-21/h1-6,11-12,23H,7-10,13-15H2/p+2. The number of rotatable bonds is 5. The summed E-state index contributed by atoms with van der Waals surface area (Å²) >= 11 is 0. The minimum absolute atomic E-state index is 0.228. The first-order valence-electron chi connectivity index (χ1n) is 9.91. The molecule has 5 rings (SSSR count). The number of H-pyrrole nitrogens is 1. The van der Waals surface area contributed by atoms with E-state index in [4.69, 9.17) is 9.47 Å². The number of Topliss-reactive ketones (excluding diaryl/α,β-unsaturated/α-hetero) is 1. The molecule has 0 radical (unpaired) electrons. The molecule has 3 N–H and O–H groups in total. The third kappa shape index (κ3) is 3.37. The van der Waals surface area contributed by atoms with Crippen molar-refractivity contribution in [2.75, 3.05) is 39.5 Å². The van der Waals surface area contributed by atoms with Gasteiger partial charge in [0.25, 0.3) is 0 Å². The maximum Gasteiger partial charge on any atom is 0.231 e. The fraction of sp³-hybridized carbons (Fsp3) is 0.318. The van der Waals surface area contributed by atoms with Gasteiger partial charge in [0.05, 0.1) is 0 Å². The zero-order chi connectivity index (χ0) is 18.9. The number of nitrogens with one attached hydrogen (secondary N) is 3. The van der Waals surface area contributed by atoms with Crippen molar-refractivity contribution >= 4 is 16.7 Å². The average Bonchev–Trinajstić information content (AvgIpc) is 3.36. The van der Waals surface area contributed by atoms with Crippen molar-refractivity contribution in [1.82, 2.24) is 4.98 Å². The van der Waals surface area contributed by atoms with Crippen LogP contribution in [0.1, 0.15) is 15.9 Å². The van der Waals surface area contributed by atoms with Crippen LogP contribution in [0.25, 0.3) is 10.9 Å². The molecule has 0 aliphatic carbocycles. The fourth-order valence-electron chi connectivity index (χ4n) is 4.27. The molecular weight excluding hydrogens is 354 g/mol. The molecule has 3 aromatic rings. The molecule has 2 aromatic carbocycles. The number of piperazine rings is 1. The Hall–Kier alpha value is -2.83. The van der Waals surface area contributed by atoms with E-state index in [1.165, 1.54) is 10.5 Å². The van der Waals surface area contributed by atoms with Gasteiger partial charge in [0.1, 0.15) is 39.3 Å². The van der Waals surface area contributed by atoms with Crippen LogP contribution in [0.2, 0.25) is 0 Å². The van der Waals surface area contributed by atoms with E-state index >= 15 is 0 Å². The van der Waals surface area contributed by atoms with Crippen molar-refractivity contribution in [2.45, 2.75) is 6.54 Å². The second kappa shape index (κ2) is 7.30. The van der Waals surface area contributed by atoms with Gasteiger partial charge in [-0.15, -0.1) is 0 Å². The van der Waals surface area contributed by atoms with Gasteiger partial charge in [-0.2, -0.15) is 0 Å². The SMILES string of the molecule is O=C(C[NH+]1CC[NH+](Cc2ccc3c(c2)OCO3)CC1)c1c[nH]c2ccccc12. The zero-order valence-corrected chi connectivity index (χ0v) is 15.8. The summed E-state index contributed by atoms with van der Waals surface area (Å²) in [6.07, 6.45) is 1.85. The summed E-state index contributed by atoms with van der Waals surface area (Å²) in [6, 6.07) is 14.2. The number of para-hydroxylation sites is 1. The largest absolute Gasteiger partial charge is 0.454 e. The van der Waals surface area contributed by atoms with Crippen molar-refractivity contribution < 1.29 is 24.1 Å². The van der Waals surface area contributed by atoms with Crippen LogP contribution >= 0.6 is 0 Å². The minimum Gasteiger partial charge on any atom is -0.454 e. The van der Waals surface area contributed by atoms with E-state index in [0.717, 1.165) is 60.7 Å². The van der Waals surface area contributed by atoms with Crippen LogP contribution in [0.5, 0.6) is 11.5 Å². The lowest BCUT2D eigenvalue weighted by molar-refractivity contribution is -1.01. The molecule has 0 bridgehead atoms. The molecule has 1 aromatic heterocycles. The molecule has 1 fully saturated rings. The number of ketones is 1.